The molecule has 2 fully saturated rings. The summed E-state index contributed by atoms with van der Waals surface area (Å²) >= 11 is 0. The Morgan fingerprint density at radius 3 is 2.95 bits per heavy atom. The van der Waals surface area contributed by atoms with Crippen LogP contribution in [-0.2, 0) is 4.74 Å². The fraction of sp³-hybridized carbons (Fsp3) is 0.533. The smallest absolute Gasteiger partial charge is 0.274 e. The topological polar surface area (TPSA) is 68.5 Å². The van der Waals surface area contributed by atoms with Gasteiger partial charge in [-0.1, -0.05) is 13.8 Å². The zero-order valence-corrected chi connectivity index (χ0v) is 12.1. The van der Waals surface area contributed by atoms with Crippen LogP contribution in [0.3, 0.4) is 0 Å². The van der Waals surface area contributed by atoms with Crippen LogP contribution in [0.5, 0.6) is 0 Å². The van der Waals surface area contributed by atoms with E-state index in [4.69, 9.17) is 4.74 Å². The van der Waals surface area contributed by atoms with Crippen LogP contribution in [0.4, 0.5) is 0 Å². The maximum absolute atomic E-state index is 12.6. The lowest BCUT2D eigenvalue weighted by molar-refractivity contribution is -0.108. The van der Waals surface area contributed by atoms with Gasteiger partial charge in [-0.25, -0.2) is 9.97 Å². The number of nitrogens with one attached hydrogen (secondary N) is 1. The summed E-state index contributed by atoms with van der Waals surface area (Å²) in [4.78, 5) is 21.0. The summed E-state index contributed by atoms with van der Waals surface area (Å²) in [6.07, 6.45) is 8.16. The molecule has 0 radical (unpaired) electrons. The first-order valence-electron chi connectivity index (χ1n) is 7.29. The van der Waals surface area contributed by atoms with Crippen LogP contribution in [0.2, 0.25) is 0 Å². The average molecular weight is 286 g/mol. The molecule has 4 rings (SSSR count). The largest absolute Gasteiger partial charge is 0.377 e. The number of amides is 1. The van der Waals surface area contributed by atoms with Crippen molar-refractivity contribution >= 4 is 11.6 Å². The van der Waals surface area contributed by atoms with Gasteiger partial charge in [-0.3, -0.25) is 4.79 Å². The summed E-state index contributed by atoms with van der Waals surface area (Å²) in [6.45, 7) is 5.08. The predicted molar refractivity (Wildman–Crippen MR) is 75.9 cm³/mol. The quantitative estimate of drug-likeness (QED) is 0.903. The molecule has 1 N–H and O–H groups in total. The maximum Gasteiger partial charge on any atom is 0.274 e. The number of hydrogen-bond donors (Lipinski definition) is 1. The number of imidazole rings is 1. The van der Waals surface area contributed by atoms with E-state index in [2.05, 4.69) is 29.1 Å². The second kappa shape index (κ2) is 4.27. The van der Waals surface area contributed by atoms with E-state index in [0.29, 0.717) is 17.3 Å². The lowest BCUT2D eigenvalue weighted by Gasteiger charge is -2.54. The number of ether oxygens (including phenoxy) is 1. The molecule has 1 aliphatic heterocycles. The first-order valence-corrected chi connectivity index (χ1v) is 7.29. The molecule has 1 saturated heterocycles. The molecule has 2 aromatic rings. The fourth-order valence-electron chi connectivity index (χ4n) is 3.84. The second-order valence-corrected chi connectivity index (χ2v) is 6.45. The normalized spacial score (nSPS) is 29.9. The Morgan fingerprint density at radius 2 is 2.14 bits per heavy atom. The molecule has 1 amide bonds. The van der Waals surface area contributed by atoms with Gasteiger partial charge in [-0.2, -0.15) is 0 Å². The van der Waals surface area contributed by atoms with Crippen molar-refractivity contribution in [2.24, 2.45) is 11.3 Å². The van der Waals surface area contributed by atoms with E-state index in [9.17, 15) is 4.79 Å². The number of carbonyl (C=O) groups excluding carboxylic acids is 1. The van der Waals surface area contributed by atoms with Gasteiger partial charge in [0.25, 0.3) is 5.91 Å². The SMILES string of the molecule is CC1(C)C(NC(=O)c2nccn3ccnc23)C2CCOC21. The van der Waals surface area contributed by atoms with Gasteiger partial charge in [0.15, 0.2) is 11.3 Å². The molecule has 0 aromatic carbocycles. The molecule has 6 nitrogen and oxygen atoms in total. The van der Waals surface area contributed by atoms with E-state index in [0.717, 1.165) is 13.0 Å². The molecule has 3 heterocycles. The van der Waals surface area contributed by atoms with Crippen molar-refractivity contribution < 1.29 is 9.53 Å². The molecule has 3 atom stereocenters. The molecule has 0 bridgehead atoms. The lowest BCUT2D eigenvalue weighted by Crippen LogP contribution is -2.66. The fourth-order valence-corrected chi connectivity index (χ4v) is 3.84. The Balaban J connectivity index is 1.60. The van der Waals surface area contributed by atoms with Gasteiger partial charge in [0.1, 0.15) is 0 Å². The van der Waals surface area contributed by atoms with E-state index in [1.807, 2.05) is 6.20 Å². The highest BCUT2D eigenvalue weighted by atomic mass is 16.5. The van der Waals surface area contributed by atoms with Gasteiger partial charge in [0.05, 0.1) is 6.10 Å². The van der Waals surface area contributed by atoms with Crippen molar-refractivity contribution in [3.63, 3.8) is 0 Å². The standard InChI is InChI=1S/C15H18N4O2/c1-15(2)11(9-3-8-21-12(9)15)18-14(20)10-13-17-5-7-19(13)6-4-16-10/h4-7,9,11-12H,3,8H2,1-2H3,(H,18,20). The number of rotatable bonds is 2. The zero-order chi connectivity index (χ0) is 14.6. The first kappa shape index (κ1) is 12.8. The number of carbonyl (C=O) groups is 1. The number of aromatic nitrogens is 3. The van der Waals surface area contributed by atoms with E-state index in [-0.39, 0.29) is 23.5 Å². The van der Waals surface area contributed by atoms with Gasteiger partial charge in [0.2, 0.25) is 0 Å². The Morgan fingerprint density at radius 1 is 1.38 bits per heavy atom. The van der Waals surface area contributed by atoms with Crippen LogP contribution < -0.4 is 5.32 Å². The predicted octanol–water partition coefficient (Wildman–Crippen LogP) is 1.27. The lowest BCUT2D eigenvalue weighted by atomic mass is 9.57. The highest BCUT2D eigenvalue weighted by Gasteiger charge is 2.59. The molecular formula is C15H18N4O2. The van der Waals surface area contributed by atoms with E-state index < -0.39 is 0 Å². The second-order valence-electron chi connectivity index (χ2n) is 6.45. The molecule has 2 aliphatic rings. The first-order chi connectivity index (χ1) is 10.1. The van der Waals surface area contributed by atoms with Gasteiger partial charge in [0, 0.05) is 48.8 Å². The van der Waals surface area contributed by atoms with Crippen LogP contribution in [0, 0.1) is 11.3 Å². The van der Waals surface area contributed by atoms with Crippen molar-refractivity contribution in [1.29, 1.82) is 0 Å². The molecule has 1 saturated carbocycles. The molecule has 21 heavy (non-hydrogen) atoms. The summed E-state index contributed by atoms with van der Waals surface area (Å²) in [5.41, 5.74) is 0.934. The number of hydrogen-bond acceptors (Lipinski definition) is 4. The summed E-state index contributed by atoms with van der Waals surface area (Å²) in [7, 11) is 0. The van der Waals surface area contributed by atoms with Crippen LogP contribution in [-0.4, -0.2) is 39.0 Å². The minimum atomic E-state index is -0.157. The van der Waals surface area contributed by atoms with Crippen LogP contribution in [0.1, 0.15) is 30.8 Å². The maximum atomic E-state index is 12.6. The van der Waals surface area contributed by atoms with Gasteiger partial charge < -0.3 is 14.5 Å². The highest BCUT2D eigenvalue weighted by Crippen LogP contribution is 2.52. The van der Waals surface area contributed by atoms with Gasteiger partial charge >= 0.3 is 0 Å². The van der Waals surface area contributed by atoms with E-state index >= 15 is 0 Å². The van der Waals surface area contributed by atoms with Crippen LogP contribution >= 0.6 is 0 Å². The Labute approximate surface area is 122 Å². The molecule has 2 aromatic heterocycles. The Bertz CT molecular complexity index is 709. The summed E-state index contributed by atoms with van der Waals surface area (Å²) in [6, 6.07) is 0.134. The van der Waals surface area contributed by atoms with E-state index in [1.54, 1.807) is 23.0 Å². The van der Waals surface area contributed by atoms with Gasteiger partial charge in [-0.05, 0) is 6.42 Å². The van der Waals surface area contributed by atoms with Crippen molar-refractivity contribution in [1.82, 2.24) is 19.7 Å². The van der Waals surface area contributed by atoms with Crippen molar-refractivity contribution in [3.05, 3.63) is 30.5 Å². The van der Waals surface area contributed by atoms with Crippen molar-refractivity contribution in [2.75, 3.05) is 6.61 Å². The third-order valence-electron chi connectivity index (χ3n) is 4.91. The molecule has 6 heteroatoms. The third-order valence-corrected chi connectivity index (χ3v) is 4.91. The minimum Gasteiger partial charge on any atom is -0.377 e. The van der Waals surface area contributed by atoms with Crippen molar-refractivity contribution in [3.8, 4) is 0 Å². The minimum absolute atomic E-state index is 0.0304. The number of fused-ring (bicyclic) bond motifs is 2. The molecule has 110 valence electrons. The summed E-state index contributed by atoms with van der Waals surface area (Å²) in [5.74, 6) is 0.263. The molecule has 3 unspecified atom stereocenters. The molecule has 0 spiro atoms. The summed E-state index contributed by atoms with van der Waals surface area (Å²) < 4.78 is 7.56. The zero-order valence-electron chi connectivity index (χ0n) is 12.1. The summed E-state index contributed by atoms with van der Waals surface area (Å²) in [5, 5.41) is 3.14. The van der Waals surface area contributed by atoms with Crippen LogP contribution in [0.15, 0.2) is 24.8 Å². The monoisotopic (exact) mass is 286 g/mol. The Kier molecular flexibility index (Phi) is 2.60. The highest BCUT2D eigenvalue weighted by molar-refractivity contribution is 5.98. The van der Waals surface area contributed by atoms with Crippen LogP contribution in [0.25, 0.3) is 5.65 Å². The van der Waals surface area contributed by atoms with Gasteiger partial charge in [-0.15, -0.1) is 0 Å². The van der Waals surface area contributed by atoms with Crippen molar-refractivity contribution in [2.45, 2.75) is 32.4 Å². The average Bonchev–Trinajstić information content (AvgIpc) is 3.11. The Hall–Kier alpha value is -1.95. The third kappa shape index (κ3) is 1.72. The van der Waals surface area contributed by atoms with E-state index in [1.165, 1.54) is 0 Å². The molecule has 1 aliphatic carbocycles. The number of nitrogens with zero attached hydrogens (tertiary/aromatic N) is 3. The molecular weight excluding hydrogens is 268 g/mol.